The number of amides is 1. The van der Waals surface area contributed by atoms with Gasteiger partial charge in [-0.1, -0.05) is 40.5 Å². The van der Waals surface area contributed by atoms with Gasteiger partial charge in [0, 0.05) is 28.7 Å². The molecule has 5 nitrogen and oxygen atoms in total. The quantitative estimate of drug-likeness (QED) is 0.538. The summed E-state index contributed by atoms with van der Waals surface area (Å²) in [6.07, 6.45) is 0.789. The molecule has 0 aliphatic carbocycles. The zero-order valence-corrected chi connectivity index (χ0v) is 18.3. The number of halogens is 2. The number of aromatic nitrogens is 2. The van der Waals surface area contributed by atoms with Gasteiger partial charge in [-0.3, -0.25) is 14.2 Å². The Hall–Kier alpha value is -2.18. The molecule has 0 fully saturated rings. The lowest BCUT2D eigenvalue weighted by molar-refractivity contribution is 0.0680. The number of carbonyl (C=O) groups excluding carboxylic acids is 1. The standard InChI is InChI=1S/C21H21BrClN3O2/c1-4-10-26(20(27)14-6-5-7-15(22)11-14)13(2)19-24-18-12-16(23)8-9-17(18)21(28)25(19)3/h5-9,11-13H,4,10H2,1-3H3. The molecule has 1 unspecified atom stereocenters. The number of carbonyl (C=O) groups is 1. The first-order valence-corrected chi connectivity index (χ1v) is 10.2. The van der Waals surface area contributed by atoms with Crippen LogP contribution in [-0.4, -0.2) is 26.9 Å². The number of benzene rings is 2. The average molecular weight is 463 g/mol. The van der Waals surface area contributed by atoms with E-state index in [0.717, 1.165) is 10.9 Å². The van der Waals surface area contributed by atoms with Crippen LogP contribution in [0.5, 0.6) is 0 Å². The molecule has 0 saturated heterocycles. The predicted molar refractivity (Wildman–Crippen MR) is 116 cm³/mol. The second kappa shape index (κ2) is 8.45. The Labute approximate surface area is 177 Å². The van der Waals surface area contributed by atoms with Crippen molar-refractivity contribution in [1.29, 1.82) is 0 Å². The Morgan fingerprint density at radius 1 is 1.29 bits per heavy atom. The summed E-state index contributed by atoms with van der Waals surface area (Å²) in [7, 11) is 1.68. The van der Waals surface area contributed by atoms with Gasteiger partial charge in [0.25, 0.3) is 11.5 Å². The summed E-state index contributed by atoms with van der Waals surface area (Å²) in [6, 6.07) is 11.9. The van der Waals surface area contributed by atoms with Crippen molar-refractivity contribution < 1.29 is 4.79 Å². The van der Waals surface area contributed by atoms with Gasteiger partial charge in [-0.05, 0) is 49.7 Å². The predicted octanol–water partition coefficient (Wildman–Crippen LogP) is 4.96. The van der Waals surface area contributed by atoms with Crippen LogP contribution >= 0.6 is 27.5 Å². The van der Waals surface area contributed by atoms with E-state index in [1.165, 1.54) is 4.57 Å². The SMILES string of the molecule is CCCN(C(=O)c1cccc(Br)c1)C(C)c1nc2cc(Cl)ccc2c(=O)n1C. The Balaban J connectivity index is 2.08. The van der Waals surface area contributed by atoms with Gasteiger partial charge in [0.05, 0.1) is 16.9 Å². The zero-order chi connectivity index (χ0) is 20.4. The largest absolute Gasteiger partial charge is 0.329 e. The molecule has 1 aromatic heterocycles. The highest BCUT2D eigenvalue weighted by Gasteiger charge is 2.26. The summed E-state index contributed by atoms with van der Waals surface area (Å²) >= 11 is 9.50. The maximum Gasteiger partial charge on any atom is 0.261 e. The molecule has 146 valence electrons. The molecular weight excluding hydrogens is 442 g/mol. The molecule has 7 heteroatoms. The first-order valence-electron chi connectivity index (χ1n) is 9.06. The minimum atomic E-state index is -0.382. The summed E-state index contributed by atoms with van der Waals surface area (Å²) in [5, 5.41) is 1.02. The van der Waals surface area contributed by atoms with Crippen molar-refractivity contribution in [2.24, 2.45) is 7.05 Å². The van der Waals surface area contributed by atoms with Crippen LogP contribution in [0.4, 0.5) is 0 Å². The van der Waals surface area contributed by atoms with Crippen molar-refractivity contribution in [2.45, 2.75) is 26.3 Å². The van der Waals surface area contributed by atoms with Gasteiger partial charge in [-0.15, -0.1) is 0 Å². The van der Waals surface area contributed by atoms with Crippen LogP contribution in [0.15, 0.2) is 51.7 Å². The fraction of sp³-hybridized carbons (Fsp3) is 0.286. The second-order valence-corrected chi connectivity index (χ2v) is 8.03. The molecule has 1 amide bonds. The van der Waals surface area contributed by atoms with E-state index in [2.05, 4.69) is 20.9 Å². The lowest BCUT2D eigenvalue weighted by atomic mass is 10.1. The lowest BCUT2D eigenvalue weighted by Crippen LogP contribution is -2.37. The molecule has 2 aromatic carbocycles. The van der Waals surface area contributed by atoms with Crippen LogP contribution < -0.4 is 5.56 Å². The number of rotatable bonds is 5. The molecule has 1 atom stereocenters. The monoisotopic (exact) mass is 461 g/mol. The van der Waals surface area contributed by atoms with E-state index in [1.54, 1.807) is 42.3 Å². The molecule has 0 radical (unpaired) electrons. The normalized spacial score (nSPS) is 12.2. The van der Waals surface area contributed by atoms with Crippen molar-refractivity contribution in [3.63, 3.8) is 0 Å². The fourth-order valence-electron chi connectivity index (χ4n) is 3.27. The minimum Gasteiger partial charge on any atom is -0.329 e. The first-order chi connectivity index (χ1) is 13.3. The third-order valence-electron chi connectivity index (χ3n) is 4.71. The Morgan fingerprint density at radius 2 is 2.04 bits per heavy atom. The summed E-state index contributed by atoms with van der Waals surface area (Å²) in [4.78, 5) is 32.4. The summed E-state index contributed by atoms with van der Waals surface area (Å²) in [5.41, 5.74) is 0.960. The molecular formula is C21H21BrClN3O2. The molecule has 3 rings (SSSR count). The number of nitrogens with zero attached hydrogens (tertiary/aromatic N) is 3. The van der Waals surface area contributed by atoms with Crippen LogP contribution in [0.1, 0.15) is 42.5 Å². The Kier molecular flexibility index (Phi) is 6.20. The highest BCUT2D eigenvalue weighted by Crippen LogP contribution is 2.24. The first kappa shape index (κ1) is 20.6. The molecule has 1 heterocycles. The van der Waals surface area contributed by atoms with Crippen molar-refractivity contribution in [2.75, 3.05) is 6.54 Å². The van der Waals surface area contributed by atoms with Gasteiger partial charge < -0.3 is 4.90 Å². The fourth-order valence-corrected chi connectivity index (χ4v) is 3.84. The molecule has 0 saturated carbocycles. The average Bonchev–Trinajstić information content (AvgIpc) is 2.67. The summed E-state index contributed by atoms with van der Waals surface area (Å²) in [5.74, 6) is 0.424. The third-order valence-corrected chi connectivity index (χ3v) is 5.44. The van der Waals surface area contributed by atoms with E-state index in [-0.39, 0.29) is 17.5 Å². The van der Waals surface area contributed by atoms with Crippen molar-refractivity contribution in [3.05, 3.63) is 73.7 Å². The summed E-state index contributed by atoms with van der Waals surface area (Å²) in [6.45, 7) is 4.46. The van der Waals surface area contributed by atoms with Crippen molar-refractivity contribution in [3.8, 4) is 0 Å². The Bertz CT molecular complexity index is 1100. The van der Waals surface area contributed by atoms with Crippen molar-refractivity contribution in [1.82, 2.24) is 14.5 Å². The van der Waals surface area contributed by atoms with Crippen LogP contribution in [0.2, 0.25) is 5.02 Å². The summed E-state index contributed by atoms with van der Waals surface area (Å²) < 4.78 is 2.35. The van der Waals surface area contributed by atoms with Crippen LogP contribution in [0.3, 0.4) is 0 Å². The van der Waals surface area contributed by atoms with Gasteiger partial charge >= 0.3 is 0 Å². The Morgan fingerprint density at radius 3 is 2.71 bits per heavy atom. The maximum atomic E-state index is 13.2. The molecule has 0 bridgehead atoms. The maximum absolute atomic E-state index is 13.2. The minimum absolute atomic E-state index is 0.101. The zero-order valence-electron chi connectivity index (χ0n) is 15.9. The molecule has 0 aliphatic heterocycles. The molecule has 0 spiro atoms. The van der Waals surface area contributed by atoms with E-state index >= 15 is 0 Å². The lowest BCUT2D eigenvalue weighted by Gasteiger charge is -2.30. The van der Waals surface area contributed by atoms with Gasteiger partial charge in [0.2, 0.25) is 0 Å². The van der Waals surface area contributed by atoms with E-state index in [1.807, 2.05) is 26.0 Å². The highest BCUT2D eigenvalue weighted by molar-refractivity contribution is 9.10. The third kappa shape index (κ3) is 3.98. The van der Waals surface area contributed by atoms with Crippen molar-refractivity contribution >= 4 is 44.3 Å². The van der Waals surface area contributed by atoms with Gasteiger partial charge in [-0.25, -0.2) is 4.98 Å². The van der Waals surface area contributed by atoms with Crippen LogP contribution in [-0.2, 0) is 7.05 Å². The molecule has 0 aliphatic rings. The molecule has 3 aromatic rings. The van der Waals surface area contributed by atoms with Crippen LogP contribution in [0, 0.1) is 0 Å². The topological polar surface area (TPSA) is 55.2 Å². The highest BCUT2D eigenvalue weighted by atomic mass is 79.9. The number of fused-ring (bicyclic) bond motifs is 1. The number of hydrogen-bond acceptors (Lipinski definition) is 3. The van der Waals surface area contributed by atoms with E-state index < -0.39 is 0 Å². The van der Waals surface area contributed by atoms with Gasteiger partial charge in [0.15, 0.2) is 0 Å². The molecule has 0 N–H and O–H groups in total. The van der Waals surface area contributed by atoms with E-state index in [9.17, 15) is 9.59 Å². The van der Waals surface area contributed by atoms with E-state index in [4.69, 9.17) is 11.6 Å². The van der Waals surface area contributed by atoms with Gasteiger partial charge in [0.1, 0.15) is 5.82 Å². The second-order valence-electron chi connectivity index (χ2n) is 6.68. The van der Waals surface area contributed by atoms with Gasteiger partial charge in [-0.2, -0.15) is 0 Å². The molecule has 28 heavy (non-hydrogen) atoms. The van der Waals surface area contributed by atoms with Crippen LogP contribution in [0.25, 0.3) is 10.9 Å². The smallest absolute Gasteiger partial charge is 0.261 e. The number of hydrogen-bond donors (Lipinski definition) is 0. The van der Waals surface area contributed by atoms with E-state index in [0.29, 0.717) is 33.9 Å².